The fourth-order valence-electron chi connectivity index (χ4n) is 4.41. The molecule has 3 heterocycles. The predicted molar refractivity (Wildman–Crippen MR) is 112 cm³/mol. The van der Waals surface area contributed by atoms with Crippen LogP contribution in [0.4, 0.5) is 11.6 Å². The van der Waals surface area contributed by atoms with Crippen LogP contribution in [0.25, 0.3) is 0 Å². The molecule has 2 saturated heterocycles. The summed E-state index contributed by atoms with van der Waals surface area (Å²) >= 11 is 0. The zero-order valence-electron chi connectivity index (χ0n) is 16.8. The van der Waals surface area contributed by atoms with E-state index >= 15 is 0 Å². The number of nitrogens with zero attached hydrogens (tertiary/aromatic N) is 4. The maximum atomic E-state index is 4.76. The van der Waals surface area contributed by atoms with Gasteiger partial charge >= 0.3 is 0 Å². The second-order valence-corrected chi connectivity index (χ2v) is 8.42. The highest BCUT2D eigenvalue weighted by molar-refractivity contribution is 5.51. The van der Waals surface area contributed by atoms with Gasteiger partial charge < -0.3 is 9.80 Å². The molecule has 27 heavy (non-hydrogen) atoms. The first-order valence-electron chi connectivity index (χ1n) is 10.6. The minimum atomic E-state index is 0.787. The lowest BCUT2D eigenvalue weighted by Gasteiger charge is -2.35. The van der Waals surface area contributed by atoms with Gasteiger partial charge in [-0.25, -0.2) is 9.97 Å². The molecule has 144 valence electrons. The molecular formula is C23H32N4. The van der Waals surface area contributed by atoms with Crippen molar-refractivity contribution in [3.05, 3.63) is 47.8 Å². The molecule has 4 rings (SSSR count). The molecule has 2 aromatic rings. The Kier molecular flexibility index (Phi) is 5.61. The lowest BCUT2D eigenvalue weighted by atomic mass is 9.90. The number of rotatable bonds is 4. The van der Waals surface area contributed by atoms with Gasteiger partial charge in [0, 0.05) is 32.2 Å². The number of hydrogen-bond donors (Lipinski definition) is 0. The summed E-state index contributed by atoms with van der Waals surface area (Å²) in [7, 11) is 0. The summed E-state index contributed by atoms with van der Waals surface area (Å²) in [6.07, 6.45) is 6.23. The molecule has 4 heteroatoms. The van der Waals surface area contributed by atoms with Crippen molar-refractivity contribution in [2.24, 2.45) is 11.8 Å². The van der Waals surface area contributed by atoms with Crippen molar-refractivity contribution in [3.8, 4) is 0 Å². The standard InChI is InChI=1S/C23H32N4/c1-18-8-12-26(13-9-18)22-17-23(25-19(2)24-22)27-14-10-21(11-15-27)16-20-6-4-3-5-7-20/h3-7,17-18,21H,8-16H2,1-2H3. The minimum Gasteiger partial charge on any atom is -0.356 e. The summed E-state index contributed by atoms with van der Waals surface area (Å²) in [6, 6.07) is 13.1. The van der Waals surface area contributed by atoms with Gasteiger partial charge in [-0.3, -0.25) is 0 Å². The molecule has 1 aromatic heterocycles. The third kappa shape index (κ3) is 4.60. The highest BCUT2D eigenvalue weighted by Gasteiger charge is 2.23. The Bertz CT molecular complexity index is 729. The van der Waals surface area contributed by atoms with Crippen molar-refractivity contribution in [1.29, 1.82) is 0 Å². The van der Waals surface area contributed by atoms with Crippen LogP contribution in [0.2, 0.25) is 0 Å². The number of benzene rings is 1. The van der Waals surface area contributed by atoms with E-state index in [4.69, 9.17) is 9.97 Å². The van der Waals surface area contributed by atoms with Crippen molar-refractivity contribution >= 4 is 11.6 Å². The van der Waals surface area contributed by atoms with E-state index in [-0.39, 0.29) is 0 Å². The third-order valence-corrected chi connectivity index (χ3v) is 6.22. The first-order valence-corrected chi connectivity index (χ1v) is 10.6. The summed E-state index contributed by atoms with van der Waals surface area (Å²) in [5.41, 5.74) is 1.47. The van der Waals surface area contributed by atoms with Gasteiger partial charge in [-0.2, -0.15) is 0 Å². The highest BCUT2D eigenvalue weighted by atomic mass is 15.2. The maximum absolute atomic E-state index is 4.76. The van der Waals surface area contributed by atoms with Gasteiger partial charge in [0.05, 0.1) is 0 Å². The molecule has 0 saturated carbocycles. The number of aromatic nitrogens is 2. The van der Waals surface area contributed by atoms with E-state index in [0.29, 0.717) is 0 Å². The molecule has 2 fully saturated rings. The van der Waals surface area contributed by atoms with Gasteiger partial charge in [-0.1, -0.05) is 37.3 Å². The van der Waals surface area contributed by atoms with Crippen LogP contribution < -0.4 is 9.80 Å². The molecule has 2 aliphatic heterocycles. The molecule has 0 aliphatic carbocycles. The van der Waals surface area contributed by atoms with Crippen LogP contribution in [-0.2, 0) is 6.42 Å². The summed E-state index contributed by atoms with van der Waals surface area (Å²) in [5, 5.41) is 0. The average Bonchev–Trinajstić information content (AvgIpc) is 2.69. The number of anilines is 2. The monoisotopic (exact) mass is 364 g/mol. The lowest BCUT2D eigenvalue weighted by Crippen LogP contribution is -2.36. The van der Waals surface area contributed by atoms with Crippen LogP contribution in [0.1, 0.15) is 44.0 Å². The first kappa shape index (κ1) is 18.3. The van der Waals surface area contributed by atoms with Crippen molar-refractivity contribution in [1.82, 2.24) is 9.97 Å². The SMILES string of the molecule is Cc1nc(N2CCC(C)CC2)cc(N2CCC(Cc3ccccc3)CC2)n1. The quantitative estimate of drug-likeness (QED) is 0.801. The van der Waals surface area contributed by atoms with Crippen molar-refractivity contribution in [2.75, 3.05) is 36.0 Å². The fraction of sp³-hybridized carbons (Fsp3) is 0.565. The van der Waals surface area contributed by atoms with E-state index < -0.39 is 0 Å². The normalized spacial score (nSPS) is 19.5. The highest BCUT2D eigenvalue weighted by Crippen LogP contribution is 2.28. The summed E-state index contributed by atoms with van der Waals surface area (Å²) < 4.78 is 0. The first-order chi connectivity index (χ1) is 13.2. The third-order valence-electron chi connectivity index (χ3n) is 6.22. The summed E-state index contributed by atoms with van der Waals surface area (Å²) in [4.78, 5) is 14.4. The number of piperidine rings is 2. The van der Waals surface area contributed by atoms with E-state index in [1.54, 1.807) is 0 Å². The predicted octanol–water partition coefficient (Wildman–Crippen LogP) is 4.48. The lowest BCUT2D eigenvalue weighted by molar-refractivity contribution is 0.402. The Balaban J connectivity index is 1.39. The largest absolute Gasteiger partial charge is 0.356 e. The smallest absolute Gasteiger partial charge is 0.134 e. The van der Waals surface area contributed by atoms with E-state index in [2.05, 4.69) is 53.1 Å². The molecule has 2 aliphatic rings. The fourth-order valence-corrected chi connectivity index (χ4v) is 4.41. The molecule has 0 unspecified atom stereocenters. The molecule has 4 nitrogen and oxygen atoms in total. The second-order valence-electron chi connectivity index (χ2n) is 8.42. The summed E-state index contributed by atoms with van der Waals surface area (Å²) in [5.74, 6) is 4.76. The molecule has 0 spiro atoms. The van der Waals surface area contributed by atoms with Gasteiger partial charge in [-0.05, 0) is 56.4 Å². The Morgan fingerprint density at radius 1 is 0.852 bits per heavy atom. The van der Waals surface area contributed by atoms with Gasteiger partial charge in [0.25, 0.3) is 0 Å². The van der Waals surface area contributed by atoms with E-state index in [9.17, 15) is 0 Å². The number of hydrogen-bond acceptors (Lipinski definition) is 4. The van der Waals surface area contributed by atoms with Crippen LogP contribution in [0, 0.1) is 18.8 Å². The van der Waals surface area contributed by atoms with Crippen molar-refractivity contribution < 1.29 is 0 Å². The van der Waals surface area contributed by atoms with Crippen LogP contribution in [0.15, 0.2) is 36.4 Å². The zero-order chi connectivity index (χ0) is 18.6. The van der Waals surface area contributed by atoms with Crippen molar-refractivity contribution in [2.45, 2.75) is 46.0 Å². The van der Waals surface area contributed by atoms with E-state index in [0.717, 1.165) is 55.5 Å². The van der Waals surface area contributed by atoms with Gasteiger partial charge in [-0.15, -0.1) is 0 Å². The average molecular weight is 365 g/mol. The van der Waals surface area contributed by atoms with E-state index in [1.807, 2.05) is 6.92 Å². The van der Waals surface area contributed by atoms with Crippen molar-refractivity contribution in [3.63, 3.8) is 0 Å². The Hall–Kier alpha value is -2.10. The molecule has 0 atom stereocenters. The van der Waals surface area contributed by atoms with Gasteiger partial charge in [0.15, 0.2) is 0 Å². The molecule has 0 bridgehead atoms. The topological polar surface area (TPSA) is 32.3 Å². The second kappa shape index (κ2) is 8.28. The van der Waals surface area contributed by atoms with Gasteiger partial charge in [0.1, 0.15) is 17.5 Å². The molecular weight excluding hydrogens is 332 g/mol. The van der Waals surface area contributed by atoms with Crippen LogP contribution in [0.3, 0.4) is 0 Å². The molecule has 0 N–H and O–H groups in total. The molecule has 1 aromatic carbocycles. The van der Waals surface area contributed by atoms with E-state index in [1.165, 1.54) is 37.7 Å². The maximum Gasteiger partial charge on any atom is 0.134 e. The Labute approximate surface area is 163 Å². The Morgan fingerprint density at radius 3 is 2.00 bits per heavy atom. The zero-order valence-corrected chi connectivity index (χ0v) is 16.8. The minimum absolute atomic E-state index is 0.787. The van der Waals surface area contributed by atoms with Gasteiger partial charge in [0.2, 0.25) is 0 Å². The van der Waals surface area contributed by atoms with Crippen LogP contribution in [-0.4, -0.2) is 36.1 Å². The van der Waals surface area contributed by atoms with Crippen LogP contribution in [0.5, 0.6) is 0 Å². The molecule has 0 radical (unpaired) electrons. The summed E-state index contributed by atoms with van der Waals surface area (Å²) in [6.45, 7) is 8.83. The Morgan fingerprint density at radius 2 is 1.41 bits per heavy atom. The van der Waals surface area contributed by atoms with Crippen LogP contribution >= 0.6 is 0 Å². The molecule has 0 amide bonds. The number of aryl methyl sites for hydroxylation is 1.